The van der Waals surface area contributed by atoms with Gasteiger partial charge in [0.15, 0.2) is 0 Å². The number of halogens is 1. The number of pyridine rings is 1. The van der Waals surface area contributed by atoms with Crippen LogP contribution in [0.1, 0.15) is 10.4 Å². The highest BCUT2D eigenvalue weighted by molar-refractivity contribution is 6.32. The Hall–Kier alpha value is -3.52. The first-order valence-electron chi connectivity index (χ1n) is 8.44. The highest BCUT2D eigenvalue weighted by atomic mass is 35.5. The van der Waals surface area contributed by atoms with E-state index in [-0.39, 0.29) is 5.39 Å². The molecule has 1 aromatic heterocycles. The molecule has 0 saturated heterocycles. The first kappa shape index (κ1) is 20.2. The first-order valence-corrected chi connectivity index (χ1v) is 8.82. The van der Waals surface area contributed by atoms with Gasteiger partial charge in [0.2, 0.25) is 0 Å². The van der Waals surface area contributed by atoms with Crippen molar-refractivity contribution in [3.8, 4) is 22.6 Å². The molecular formula is C20H17ClN2O6. The molecule has 8 nitrogen and oxygen atoms in total. The summed E-state index contributed by atoms with van der Waals surface area (Å²) in [5.41, 5.74) is 0.642. The molecule has 0 spiro atoms. The maximum Gasteiger partial charge on any atom is 0.322 e. The van der Waals surface area contributed by atoms with Crippen LogP contribution < -0.4 is 15.6 Å². The molecule has 150 valence electrons. The summed E-state index contributed by atoms with van der Waals surface area (Å²) in [4.78, 5) is 35.5. The quantitative estimate of drug-likeness (QED) is 0.587. The Labute approximate surface area is 169 Å². The highest BCUT2D eigenvalue weighted by Crippen LogP contribution is 2.33. The van der Waals surface area contributed by atoms with Crippen LogP contribution in [0, 0.1) is 0 Å². The van der Waals surface area contributed by atoms with Gasteiger partial charge in [-0.25, -0.2) is 0 Å². The van der Waals surface area contributed by atoms with Gasteiger partial charge in [0, 0.05) is 12.4 Å². The summed E-state index contributed by atoms with van der Waals surface area (Å²) in [6, 6.07) is 10.2. The van der Waals surface area contributed by atoms with Crippen molar-refractivity contribution >= 4 is 34.4 Å². The fourth-order valence-electron chi connectivity index (χ4n) is 3.00. The lowest BCUT2D eigenvalue weighted by Gasteiger charge is -2.13. The number of carbonyl (C=O) groups excluding carboxylic acids is 1. The van der Waals surface area contributed by atoms with E-state index in [0.29, 0.717) is 16.3 Å². The minimum Gasteiger partial charge on any atom is -0.506 e. The van der Waals surface area contributed by atoms with Gasteiger partial charge in [-0.1, -0.05) is 23.7 Å². The van der Waals surface area contributed by atoms with E-state index in [1.54, 1.807) is 36.4 Å². The number of hydrogen-bond donors (Lipinski definition) is 3. The summed E-state index contributed by atoms with van der Waals surface area (Å²) in [6.07, 6.45) is 0. The number of amides is 1. The molecule has 1 heterocycles. The number of benzene rings is 2. The van der Waals surface area contributed by atoms with Crippen molar-refractivity contribution in [3.63, 3.8) is 0 Å². The van der Waals surface area contributed by atoms with Crippen LogP contribution in [0.15, 0.2) is 41.2 Å². The zero-order valence-corrected chi connectivity index (χ0v) is 16.3. The van der Waals surface area contributed by atoms with Crippen molar-refractivity contribution < 1.29 is 24.5 Å². The molecule has 0 fully saturated rings. The van der Waals surface area contributed by atoms with Crippen LogP contribution in [-0.2, 0) is 11.8 Å². The number of aryl methyl sites for hydroxylation is 1. The molecule has 0 aliphatic heterocycles. The summed E-state index contributed by atoms with van der Waals surface area (Å²) in [5.74, 6) is -2.21. The normalized spacial score (nSPS) is 10.7. The molecular weight excluding hydrogens is 400 g/mol. The average Bonchev–Trinajstić information content (AvgIpc) is 2.70. The van der Waals surface area contributed by atoms with Crippen LogP contribution >= 0.6 is 11.6 Å². The Morgan fingerprint density at radius 2 is 1.83 bits per heavy atom. The lowest BCUT2D eigenvalue weighted by molar-refractivity contribution is -0.135. The van der Waals surface area contributed by atoms with Gasteiger partial charge in [-0.15, -0.1) is 0 Å². The Bertz CT molecular complexity index is 1200. The predicted octanol–water partition coefficient (Wildman–Crippen LogP) is 2.39. The smallest absolute Gasteiger partial charge is 0.322 e. The van der Waals surface area contributed by atoms with E-state index in [1.165, 1.54) is 18.7 Å². The number of nitrogens with one attached hydrogen (secondary N) is 1. The molecule has 3 rings (SSSR count). The number of aromatic hydroxyl groups is 1. The van der Waals surface area contributed by atoms with Gasteiger partial charge >= 0.3 is 5.97 Å². The van der Waals surface area contributed by atoms with Crippen LogP contribution in [0.4, 0.5) is 0 Å². The molecule has 2 aromatic carbocycles. The predicted molar refractivity (Wildman–Crippen MR) is 108 cm³/mol. The lowest BCUT2D eigenvalue weighted by Crippen LogP contribution is -2.35. The molecule has 3 N–H and O–H groups in total. The number of aromatic nitrogens is 1. The molecule has 9 heteroatoms. The Morgan fingerprint density at radius 3 is 2.45 bits per heavy atom. The fourth-order valence-corrected chi connectivity index (χ4v) is 3.25. The van der Waals surface area contributed by atoms with Gasteiger partial charge in [0.1, 0.15) is 23.6 Å². The van der Waals surface area contributed by atoms with Crippen molar-refractivity contribution in [3.05, 3.63) is 57.3 Å². The van der Waals surface area contributed by atoms with Crippen LogP contribution in [0.2, 0.25) is 5.02 Å². The first-order chi connectivity index (χ1) is 13.7. The van der Waals surface area contributed by atoms with Crippen LogP contribution in [-0.4, -0.2) is 40.3 Å². The molecule has 0 unspecified atom stereocenters. The molecule has 0 saturated carbocycles. The average molecular weight is 417 g/mol. The van der Waals surface area contributed by atoms with Gasteiger partial charge in [-0.05, 0) is 35.4 Å². The van der Waals surface area contributed by atoms with Gasteiger partial charge < -0.3 is 24.8 Å². The molecule has 0 bridgehead atoms. The number of nitrogens with zero attached hydrogens (tertiary/aromatic N) is 1. The molecule has 0 radical (unpaired) electrons. The van der Waals surface area contributed by atoms with Crippen molar-refractivity contribution in [1.82, 2.24) is 9.88 Å². The lowest BCUT2D eigenvalue weighted by atomic mass is 10.0. The van der Waals surface area contributed by atoms with Crippen molar-refractivity contribution in [2.24, 2.45) is 7.05 Å². The number of methoxy groups -OCH3 is 1. The highest BCUT2D eigenvalue weighted by Gasteiger charge is 2.22. The second-order valence-corrected chi connectivity index (χ2v) is 6.65. The SMILES string of the molecule is COc1ccc(-c2ccc3c(O)c(C(=O)NCC(=O)O)c(=O)n(C)c3c2)cc1Cl. The van der Waals surface area contributed by atoms with Crippen LogP contribution in [0.3, 0.4) is 0 Å². The molecule has 3 aromatic rings. The third-order valence-corrected chi connectivity index (χ3v) is 4.78. The number of hydrogen-bond acceptors (Lipinski definition) is 5. The monoisotopic (exact) mass is 416 g/mol. The van der Waals surface area contributed by atoms with Gasteiger partial charge in [0.25, 0.3) is 11.5 Å². The molecule has 0 aliphatic rings. The van der Waals surface area contributed by atoms with E-state index in [1.807, 2.05) is 0 Å². The number of carboxylic acid groups (broad SMARTS) is 1. The fraction of sp³-hybridized carbons (Fsp3) is 0.150. The second-order valence-electron chi connectivity index (χ2n) is 6.25. The van der Waals surface area contributed by atoms with Crippen molar-refractivity contribution in [1.29, 1.82) is 0 Å². The minimum absolute atomic E-state index is 0.274. The van der Waals surface area contributed by atoms with E-state index in [9.17, 15) is 19.5 Å². The van der Waals surface area contributed by atoms with Crippen molar-refractivity contribution in [2.75, 3.05) is 13.7 Å². The maximum atomic E-state index is 12.6. The second kappa shape index (κ2) is 7.84. The van der Waals surface area contributed by atoms with Crippen LogP contribution in [0.25, 0.3) is 22.0 Å². The minimum atomic E-state index is -1.27. The number of ether oxygens (including phenoxy) is 1. The van der Waals surface area contributed by atoms with E-state index in [2.05, 4.69) is 5.32 Å². The van der Waals surface area contributed by atoms with Gasteiger partial charge in [-0.3, -0.25) is 14.4 Å². The summed E-state index contributed by atoms with van der Waals surface area (Å²) in [7, 11) is 2.97. The Balaban J connectivity index is 2.13. The van der Waals surface area contributed by atoms with E-state index >= 15 is 0 Å². The van der Waals surface area contributed by atoms with E-state index < -0.39 is 35.3 Å². The summed E-state index contributed by atoms with van der Waals surface area (Å²) in [6.45, 7) is -0.670. The van der Waals surface area contributed by atoms with E-state index in [0.717, 1.165) is 11.1 Å². The Kier molecular flexibility index (Phi) is 5.47. The zero-order chi connectivity index (χ0) is 21.3. The summed E-state index contributed by atoms with van der Waals surface area (Å²) in [5, 5.41) is 22.0. The Morgan fingerprint density at radius 1 is 1.17 bits per heavy atom. The molecule has 29 heavy (non-hydrogen) atoms. The summed E-state index contributed by atoms with van der Waals surface area (Å²) < 4.78 is 6.36. The third kappa shape index (κ3) is 3.74. The maximum absolute atomic E-state index is 12.6. The number of carbonyl (C=O) groups is 2. The zero-order valence-electron chi connectivity index (χ0n) is 15.5. The molecule has 1 amide bonds. The van der Waals surface area contributed by atoms with E-state index in [4.69, 9.17) is 21.4 Å². The van der Waals surface area contributed by atoms with Gasteiger partial charge in [-0.2, -0.15) is 0 Å². The largest absolute Gasteiger partial charge is 0.506 e. The molecule has 0 atom stereocenters. The topological polar surface area (TPSA) is 118 Å². The third-order valence-electron chi connectivity index (χ3n) is 4.48. The number of carboxylic acids is 1. The standard InChI is InChI=1S/C20H17ClN2O6/c1-23-14-8-11(10-4-6-15(29-2)13(21)7-10)3-5-12(14)18(26)17(20(23)28)19(27)22-9-16(24)25/h3-8,26H,9H2,1-2H3,(H,22,27)(H,24,25). The van der Waals surface area contributed by atoms with Crippen molar-refractivity contribution in [2.45, 2.75) is 0 Å². The number of aliphatic carboxylic acids is 1. The summed E-state index contributed by atoms with van der Waals surface area (Å²) >= 11 is 6.18. The number of fused-ring (bicyclic) bond motifs is 1. The van der Waals surface area contributed by atoms with Gasteiger partial charge in [0.05, 0.1) is 17.6 Å². The molecule has 0 aliphatic carbocycles. The number of rotatable bonds is 5. The van der Waals surface area contributed by atoms with Crippen LogP contribution in [0.5, 0.6) is 11.5 Å².